The molecular weight excluding hydrogens is 462 g/mol. The molecule has 2 aromatic rings. The van der Waals surface area contributed by atoms with E-state index in [2.05, 4.69) is 10.2 Å². The fourth-order valence-corrected chi connectivity index (χ4v) is 6.74. The average molecular weight is 500 g/mol. The third-order valence-electron chi connectivity index (χ3n) is 6.98. The number of amides is 1. The SMILES string of the molecule is COc1ccccc1CNC(=O)c1ccc(N2CCCCCC2)c(S(=O)(=O)N2CCCCCC2)c1. The highest BCUT2D eigenvalue weighted by Gasteiger charge is 2.30. The summed E-state index contributed by atoms with van der Waals surface area (Å²) >= 11 is 0. The predicted octanol–water partition coefficient (Wildman–Crippen LogP) is 4.57. The van der Waals surface area contributed by atoms with Crippen LogP contribution in [-0.4, -0.2) is 51.9 Å². The minimum Gasteiger partial charge on any atom is -0.496 e. The Morgan fingerprint density at radius 3 is 2.17 bits per heavy atom. The van der Waals surface area contributed by atoms with Crippen molar-refractivity contribution in [2.75, 3.05) is 38.2 Å². The molecule has 4 rings (SSSR count). The first-order valence-electron chi connectivity index (χ1n) is 12.8. The van der Waals surface area contributed by atoms with E-state index in [4.69, 9.17) is 4.74 Å². The monoisotopic (exact) mass is 499 g/mol. The van der Waals surface area contributed by atoms with Crippen molar-refractivity contribution in [2.24, 2.45) is 0 Å². The maximum Gasteiger partial charge on any atom is 0.251 e. The number of hydrogen-bond acceptors (Lipinski definition) is 5. The second-order valence-electron chi connectivity index (χ2n) is 9.40. The zero-order valence-corrected chi connectivity index (χ0v) is 21.5. The van der Waals surface area contributed by atoms with Crippen LogP contribution in [0.15, 0.2) is 47.4 Å². The zero-order chi connectivity index (χ0) is 24.7. The Labute approximate surface area is 209 Å². The number of para-hydroxylation sites is 1. The first kappa shape index (κ1) is 25.5. The molecule has 1 amide bonds. The third-order valence-corrected chi connectivity index (χ3v) is 8.91. The number of carbonyl (C=O) groups excluding carboxylic acids is 1. The normalized spacial score (nSPS) is 17.9. The van der Waals surface area contributed by atoms with E-state index in [-0.39, 0.29) is 10.8 Å². The summed E-state index contributed by atoms with van der Waals surface area (Å²) in [5.41, 5.74) is 1.94. The van der Waals surface area contributed by atoms with Crippen LogP contribution in [0.1, 0.15) is 67.3 Å². The molecule has 0 unspecified atom stereocenters. The molecule has 0 spiro atoms. The molecule has 2 fully saturated rings. The number of nitrogens with zero attached hydrogens (tertiary/aromatic N) is 2. The van der Waals surface area contributed by atoms with Crippen molar-refractivity contribution in [3.63, 3.8) is 0 Å². The molecule has 7 nitrogen and oxygen atoms in total. The molecular formula is C27H37N3O4S. The number of nitrogens with one attached hydrogen (secondary N) is 1. The molecule has 190 valence electrons. The van der Waals surface area contributed by atoms with Crippen LogP contribution < -0.4 is 15.0 Å². The summed E-state index contributed by atoms with van der Waals surface area (Å²) in [4.78, 5) is 15.5. The van der Waals surface area contributed by atoms with Crippen molar-refractivity contribution in [2.45, 2.75) is 62.8 Å². The molecule has 8 heteroatoms. The molecule has 0 radical (unpaired) electrons. The molecule has 2 aromatic carbocycles. The smallest absolute Gasteiger partial charge is 0.251 e. The maximum atomic E-state index is 13.9. The van der Waals surface area contributed by atoms with E-state index in [1.807, 2.05) is 30.3 Å². The van der Waals surface area contributed by atoms with E-state index in [1.165, 1.54) is 0 Å². The van der Waals surface area contributed by atoms with Crippen LogP contribution in [0, 0.1) is 0 Å². The summed E-state index contributed by atoms with van der Waals surface area (Å²) in [6, 6.07) is 12.7. The van der Waals surface area contributed by atoms with E-state index in [0.717, 1.165) is 75.7 Å². The molecule has 0 saturated carbocycles. The Balaban J connectivity index is 1.64. The zero-order valence-electron chi connectivity index (χ0n) is 20.7. The van der Waals surface area contributed by atoms with Gasteiger partial charge in [-0.15, -0.1) is 0 Å². The highest BCUT2D eigenvalue weighted by atomic mass is 32.2. The van der Waals surface area contributed by atoms with Crippen LogP contribution >= 0.6 is 0 Å². The van der Waals surface area contributed by atoms with Crippen LogP contribution in [-0.2, 0) is 16.6 Å². The highest BCUT2D eigenvalue weighted by Crippen LogP contribution is 2.32. The number of anilines is 1. The lowest BCUT2D eigenvalue weighted by atomic mass is 10.1. The first-order chi connectivity index (χ1) is 17.0. The standard InChI is InChI=1S/C27H37N3O4S/c1-34-25-13-7-6-12-23(25)21-28-27(31)22-14-15-24(29-16-8-2-3-9-17-29)26(20-22)35(32,33)30-18-10-4-5-11-19-30/h6-7,12-15,20H,2-5,8-11,16-19,21H2,1H3,(H,28,31). The van der Waals surface area contributed by atoms with E-state index >= 15 is 0 Å². The Bertz CT molecular complexity index is 1100. The van der Waals surface area contributed by atoms with Crippen LogP contribution in [0.2, 0.25) is 0 Å². The molecule has 2 aliphatic rings. The summed E-state index contributed by atoms with van der Waals surface area (Å²) < 4.78 is 34.8. The highest BCUT2D eigenvalue weighted by molar-refractivity contribution is 7.89. The summed E-state index contributed by atoms with van der Waals surface area (Å²) in [7, 11) is -2.12. The fourth-order valence-electron chi connectivity index (χ4n) is 4.98. The van der Waals surface area contributed by atoms with Crippen molar-refractivity contribution in [3.05, 3.63) is 53.6 Å². The molecule has 0 atom stereocenters. The van der Waals surface area contributed by atoms with Gasteiger partial charge in [-0.1, -0.05) is 43.9 Å². The second-order valence-corrected chi connectivity index (χ2v) is 11.3. The van der Waals surface area contributed by atoms with Gasteiger partial charge in [-0.25, -0.2) is 8.42 Å². The molecule has 1 N–H and O–H groups in total. The molecule has 2 saturated heterocycles. The van der Waals surface area contributed by atoms with Gasteiger partial charge in [0, 0.05) is 43.9 Å². The van der Waals surface area contributed by atoms with Gasteiger partial charge in [-0.05, 0) is 49.9 Å². The van der Waals surface area contributed by atoms with E-state index < -0.39 is 10.0 Å². The summed E-state index contributed by atoms with van der Waals surface area (Å²) in [5.74, 6) is 0.402. The third kappa shape index (κ3) is 6.16. The van der Waals surface area contributed by atoms with Gasteiger partial charge in [0.15, 0.2) is 0 Å². The van der Waals surface area contributed by atoms with Crippen molar-refractivity contribution < 1.29 is 17.9 Å². The van der Waals surface area contributed by atoms with Gasteiger partial charge in [0.05, 0.1) is 12.8 Å². The van der Waals surface area contributed by atoms with E-state index in [0.29, 0.717) is 30.9 Å². The van der Waals surface area contributed by atoms with Crippen LogP contribution in [0.25, 0.3) is 0 Å². The Kier molecular flexibility index (Phi) is 8.68. The molecule has 0 bridgehead atoms. The van der Waals surface area contributed by atoms with Gasteiger partial charge in [-0.2, -0.15) is 4.31 Å². The van der Waals surface area contributed by atoms with E-state index in [9.17, 15) is 13.2 Å². The van der Waals surface area contributed by atoms with Gasteiger partial charge in [-0.3, -0.25) is 4.79 Å². The van der Waals surface area contributed by atoms with Crippen molar-refractivity contribution in [1.82, 2.24) is 9.62 Å². The molecule has 2 heterocycles. The Morgan fingerprint density at radius 2 is 1.51 bits per heavy atom. The molecule has 2 aliphatic heterocycles. The van der Waals surface area contributed by atoms with E-state index in [1.54, 1.807) is 23.5 Å². The summed E-state index contributed by atoms with van der Waals surface area (Å²) in [5, 5.41) is 2.93. The minimum atomic E-state index is -3.72. The van der Waals surface area contributed by atoms with Crippen molar-refractivity contribution >= 4 is 21.6 Å². The number of hydrogen-bond donors (Lipinski definition) is 1. The Morgan fingerprint density at radius 1 is 0.886 bits per heavy atom. The predicted molar refractivity (Wildman–Crippen MR) is 139 cm³/mol. The van der Waals surface area contributed by atoms with Gasteiger partial charge in [0.1, 0.15) is 10.6 Å². The largest absolute Gasteiger partial charge is 0.496 e. The second kappa shape index (κ2) is 11.9. The number of sulfonamides is 1. The average Bonchev–Trinajstić information content (AvgIpc) is 3.33. The van der Waals surface area contributed by atoms with Crippen LogP contribution in [0.4, 0.5) is 5.69 Å². The van der Waals surface area contributed by atoms with Crippen molar-refractivity contribution in [1.29, 1.82) is 0 Å². The van der Waals surface area contributed by atoms with Crippen LogP contribution in [0.5, 0.6) is 5.75 Å². The summed E-state index contributed by atoms with van der Waals surface area (Å²) in [6.45, 7) is 3.03. The summed E-state index contributed by atoms with van der Waals surface area (Å²) in [6.07, 6.45) is 8.26. The number of carbonyl (C=O) groups is 1. The number of benzene rings is 2. The topological polar surface area (TPSA) is 79.0 Å². The molecule has 35 heavy (non-hydrogen) atoms. The van der Waals surface area contributed by atoms with Gasteiger partial charge >= 0.3 is 0 Å². The van der Waals surface area contributed by atoms with Gasteiger partial charge in [0.25, 0.3) is 5.91 Å². The Hall–Kier alpha value is -2.58. The number of ether oxygens (including phenoxy) is 1. The van der Waals surface area contributed by atoms with Gasteiger partial charge < -0.3 is 15.0 Å². The quantitative estimate of drug-likeness (QED) is 0.604. The van der Waals surface area contributed by atoms with Gasteiger partial charge in [0.2, 0.25) is 10.0 Å². The van der Waals surface area contributed by atoms with Crippen LogP contribution in [0.3, 0.4) is 0 Å². The maximum absolute atomic E-state index is 13.9. The lowest BCUT2D eigenvalue weighted by Crippen LogP contribution is -2.34. The molecule has 0 aromatic heterocycles. The first-order valence-corrected chi connectivity index (χ1v) is 14.2. The lowest BCUT2D eigenvalue weighted by molar-refractivity contribution is 0.0950. The molecule has 0 aliphatic carbocycles. The lowest BCUT2D eigenvalue weighted by Gasteiger charge is -2.28. The number of rotatable bonds is 7. The minimum absolute atomic E-state index is 0.256. The fraction of sp³-hybridized carbons (Fsp3) is 0.519. The number of methoxy groups -OCH3 is 1. The van der Waals surface area contributed by atoms with Crippen molar-refractivity contribution in [3.8, 4) is 5.75 Å².